The first-order valence-corrected chi connectivity index (χ1v) is 9.09. The molecule has 0 amide bonds. The number of rotatable bonds is 8. The smallest absolute Gasteiger partial charge is 0.213 e. The maximum atomic E-state index is 11.8. The van der Waals surface area contributed by atoms with Gasteiger partial charge in [0.2, 0.25) is 10.0 Å². The maximum Gasteiger partial charge on any atom is 0.213 e. The summed E-state index contributed by atoms with van der Waals surface area (Å²) in [5.74, 6) is 1.30. The van der Waals surface area contributed by atoms with Crippen LogP contribution in [0.2, 0.25) is 0 Å². The second kappa shape index (κ2) is 7.61. The van der Waals surface area contributed by atoms with Gasteiger partial charge < -0.3 is 5.32 Å². The van der Waals surface area contributed by atoms with E-state index in [1.807, 2.05) is 18.7 Å². The summed E-state index contributed by atoms with van der Waals surface area (Å²) in [6.45, 7) is 5.47. The average molecular weight is 280 g/mol. The quantitative estimate of drug-likeness (QED) is 0.656. The van der Waals surface area contributed by atoms with E-state index >= 15 is 0 Å². The van der Waals surface area contributed by atoms with Crippen molar-refractivity contribution in [1.29, 1.82) is 0 Å². The Balaban J connectivity index is 2.29. The van der Waals surface area contributed by atoms with Crippen molar-refractivity contribution < 1.29 is 8.42 Å². The Hall–Kier alpha value is 0.220. The van der Waals surface area contributed by atoms with Gasteiger partial charge in [0.1, 0.15) is 0 Å². The van der Waals surface area contributed by atoms with E-state index in [0.29, 0.717) is 11.8 Å². The summed E-state index contributed by atoms with van der Waals surface area (Å²) >= 11 is 1.94. The van der Waals surface area contributed by atoms with Crippen molar-refractivity contribution in [2.24, 2.45) is 0 Å². The Kier molecular flexibility index (Phi) is 6.84. The number of thioether (sulfide) groups is 1. The van der Waals surface area contributed by atoms with Crippen LogP contribution in [0.3, 0.4) is 0 Å². The van der Waals surface area contributed by atoms with Gasteiger partial charge in [-0.05, 0) is 31.6 Å². The molecule has 0 aromatic rings. The Morgan fingerprint density at radius 2 is 2.06 bits per heavy atom. The van der Waals surface area contributed by atoms with Crippen LogP contribution in [0.15, 0.2) is 0 Å². The molecule has 0 aromatic heterocycles. The normalized spacial score (nSPS) is 25.3. The van der Waals surface area contributed by atoms with Crippen molar-refractivity contribution in [2.75, 3.05) is 24.6 Å². The zero-order chi connectivity index (χ0) is 12.7. The lowest BCUT2D eigenvalue weighted by molar-refractivity contribution is 0.550. The molecule has 1 aliphatic carbocycles. The Morgan fingerprint density at radius 1 is 1.29 bits per heavy atom. The molecular weight excluding hydrogens is 256 g/mol. The van der Waals surface area contributed by atoms with Crippen LogP contribution < -0.4 is 10.0 Å². The first-order valence-electron chi connectivity index (χ1n) is 6.39. The van der Waals surface area contributed by atoms with Crippen molar-refractivity contribution in [1.82, 2.24) is 10.0 Å². The molecule has 4 nitrogen and oxygen atoms in total. The van der Waals surface area contributed by atoms with Crippen molar-refractivity contribution >= 4 is 21.8 Å². The van der Waals surface area contributed by atoms with Crippen LogP contribution in [0.25, 0.3) is 0 Å². The second-order valence-electron chi connectivity index (χ2n) is 4.38. The van der Waals surface area contributed by atoms with Gasteiger partial charge in [-0.2, -0.15) is 11.8 Å². The van der Waals surface area contributed by atoms with Gasteiger partial charge in [-0.1, -0.05) is 13.8 Å². The Bertz CT molecular complexity index is 307. The van der Waals surface area contributed by atoms with Gasteiger partial charge in [0.25, 0.3) is 0 Å². The van der Waals surface area contributed by atoms with Crippen LogP contribution >= 0.6 is 11.8 Å². The molecule has 0 spiro atoms. The topological polar surface area (TPSA) is 58.2 Å². The standard InChI is InChI=1S/C11H24N2O2S2/c1-3-12-7-8-17(14,15)13-10-5-6-11(9-10)16-4-2/h10-13H,3-9H2,1-2H3. The summed E-state index contributed by atoms with van der Waals surface area (Å²) in [6.07, 6.45) is 3.11. The van der Waals surface area contributed by atoms with E-state index in [1.54, 1.807) is 0 Å². The van der Waals surface area contributed by atoms with Crippen LogP contribution in [0, 0.1) is 0 Å². The predicted molar refractivity (Wildman–Crippen MR) is 75.0 cm³/mol. The zero-order valence-corrected chi connectivity index (χ0v) is 12.4. The third-order valence-electron chi connectivity index (χ3n) is 2.93. The SMILES string of the molecule is CCNCCS(=O)(=O)NC1CCC(SCC)C1. The van der Waals surface area contributed by atoms with E-state index < -0.39 is 10.0 Å². The third kappa shape index (κ3) is 6.08. The van der Waals surface area contributed by atoms with Gasteiger partial charge in [-0.3, -0.25) is 0 Å². The number of hydrogen-bond acceptors (Lipinski definition) is 4. The van der Waals surface area contributed by atoms with E-state index in [9.17, 15) is 8.42 Å². The van der Waals surface area contributed by atoms with Crippen LogP contribution in [0.1, 0.15) is 33.1 Å². The number of hydrogen-bond donors (Lipinski definition) is 2. The fourth-order valence-electron chi connectivity index (χ4n) is 2.13. The Labute approximate surface area is 109 Å². The molecule has 1 rings (SSSR count). The maximum absolute atomic E-state index is 11.8. The molecule has 0 radical (unpaired) electrons. The summed E-state index contributed by atoms with van der Waals surface area (Å²) in [5, 5.41) is 3.68. The minimum absolute atomic E-state index is 0.158. The zero-order valence-electron chi connectivity index (χ0n) is 10.7. The first kappa shape index (κ1) is 15.3. The molecule has 6 heteroatoms. The molecule has 102 valence electrons. The summed E-state index contributed by atoms with van der Waals surface area (Å²) in [5.41, 5.74) is 0. The minimum Gasteiger partial charge on any atom is -0.316 e. The summed E-state index contributed by atoms with van der Waals surface area (Å²) in [7, 11) is -3.10. The first-order chi connectivity index (χ1) is 8.07. The van der Waals surface area contributed by atoms with Crippen molar-refractivity contribution in [3.63, 3.8) is 0 Å². The van der Waals surface area contributed by atoms with Gasteiger partial charge >= 0.3 is 0 Å². The van der Waals surface area contributed by atoms with Gasteiger partial charge in [-0.15, -0.1) is 0 Å². The fraction of sp³-hybridized carbons (Fsp3) is 1.00. The number of sulfonamides is 1. The van der Waals surface area contributed by atoms with Gasteiger partial charge in [0.05, 0.1) is 5.75 Å². The highest BCUT2D eigenvalue weighted by molar-refractivity contribution is 7.99. The summed E-state index contributed by atoms with van der Waals surface area (Å²) < 4.78 is 26.4. The highest BCUT2D eigenvalue weighted by Gasteiger charge is 2.27. The van der Waals surface area contributed by atoms with E-state index in [4.69, 9.17) is 0 Å². The molecule has 2 N–H and O–H groups in total. The van der Waals surface area contributed by atoms with Gasteiger partial charge in [0.15, 0.2) is 0 Å². The molecule has 1 aliphatic rings. The van der Waals surface area contributed by atoms with Crippen molar-refractivity contribution in [3.05, 3.63) is 0 Å². The molecular formula is C11H24N2O2S2. The number of nitrogens with one attached hydrogen (secondary N) is 2. The van der Waals surface area contributed by atoms with Crippen molar-refractivity contribution in [3.8, 4) is 0 Å². The largest absolute Gasteiger partial charge is 0.316 e. The molecule has 0 heterocycles. The van der Waals surface area contributed by atoms with Crippen LogP contribution in [-0.4, -0.2) is 44.3 Å². The van der Waals surface area contributed by atoms with Crippen LogP contribution in [-0.2, 0) is 10.0 Å². The molecule has 2 atom stereocenters. The van der Waals surface area contributed by atoms with E-state index in [2.05, 4.69) is 17.0 Å². The lowest BCUT2D eigenvalue weighted by Crippen LogP contribution is -2.37. The average Bonchev–Trinajstić information content (AvgIpc) is 2.65. The van der Waals surface area contributed by atoms with E-state index in [0.717, 1.165) is 31.6 Å². The Morgan fingerprint density at radius 3 is 2.71 bits per heavy atom. The van der Waals surface area contributed by atoms with Crippen molar-refractivity contribution in [2.45, 2.75) is 44.4 Å². The summed E-state index contributed by atoms with van der Waals surface area (Å²) in [4.78, 5) is 0. The molecule has 1 fully saturated rings. The highest BCUT2D eigenvalue weighted by Crippen LogP contribution is 2.29. The van der Waals surface area contributed by atoms with Crippen LogP contribution in [0.5, 0.6) is 0 Å². The van der Waals surface area contributed by atoms with Gasteiger partial charge in [0, 0.05) is 17.8 Å². The lowest BCUT2D eigenvalue weighted by Gasteiger charge is -2.13. The highest BCUT2D eigenvalue weighted by atomic mass is 32.2. The molecule has 1 saturated carbocycles. The third-order valence-corrected chi connectivity index (χ3v) is 5.60. The lowest BCUT2D eigenvalue weighted by atomic mass is 10.3. The second-order valence-corrected chi connectivity index (χ2v) is 7.83. The molecule has 0 saturated heterocycles. The minimum atomic E-state index is -3.10. The van der Waals surface area contributed by atoms with E-state index in [1.165, 1.54) is 0 Å². The predicted octanol–water partition coefficient (Wildman–Crippen LogP) is 1.19. The van der Waals surface area contributed by atoms with Gasteiger partial charge in [-0.25, -0.2) is 13.1 Å². The monoisotopic (exact) mass is 280 g/mol. The molecule has 0 aliphatic heterocycles. The molecule has 2 unspecified atom stereocenters. The fourth-order valence-corrected chi connectivity index (χ4v) is 4.53. The molecule has 17 heavy (non-hydrogen) atoms. The van der Waals surface area contributed by atoms with E-state index in [-0.39, 0.29) is 11.8 Å². The molecule has 0 bridgehead atoms. The van der Waals surface area contributed by atoms with Crippen LogP contribution in [0.4, 0.5) is 0 Å². The summed E-state index contributed by atoms with van der Waals surface area (Å²) in [6, 6.07) is 0.158. The molecule has 0 aromatic carbocycles.